The minimum atomic E-state index is -1.69. The van der Waals surface area contributed by atoms with Crippen molar-refractivity contribution in [2.24, 2.45) is 5.92 Å². The molecule has 128 valence electrons. The summed E-state index contributed by atoms with van der Waals surface area (Å²) in [5.41, 5.74) is 1.10. The zero-order chi connectivity index (χ0) is 17.5. The molecule has 0 saturated carbocycles. The van der Waals surface area contributed by atoms with Crippen LogP contribution in [0.25, 0.3) is 6.08 Å². The van der Waals surface area contributed by atoms with Gasteiger partial charge in [0.1, 0.15) is 0 Å². The maximum Gasteiger partial charge on any atom is 0.192 e. The molecule has 0 radical (unpaired) electrons. The molecule has 0 spiro atoms. The van der Waals surface area contributed by atoms with Gasteiger partial charge in [-0.1, -0.05) is 82.3 Å². The summed E-state index contributed by atoms with van der Waals surface area (Å²) in [6.45, 7) is 13.9. The van der Waals surface area contributed by atoms with Gasteiger partial charge in [-0.25, -0.2) is 0 Å². The van der Waals surface area contributed by atoms with Crippen molar-refractivity contribution in [3.63, 3.8) is 0 Å². The van der Waals surface area contributed by atoms with E-state index >= 15 is 0 Å². The fraction of sp³-hybridized carbons (Fsp3) is 0.500. The number of hydrogen-bond donors (Lipinski definition) is 1. The number of hydrogen-bond acceptors (Lipinski definition) is 2. The van der Waals surface area contributed by atoms with Crippen LogP contribution >= 0.6 is 0 Å². The first-order chi connectivity index (χ1) is 10.6. The van der Waals surface area contributed by atoms with E-state index in [1.165, 1.54) is 0 Å². The molecule has 0 saturated heterocycles. The average molecular weight is 333 g/mol. The van der Waals surface area contributed by atoms with Gasteiger partial charge in [0, 0.05) is 5.92 Å². The number of aliphatic hydroxyl groups excluding tert-OH is 1. The molecule has 0 aromatic heterocycles. The highest BCUT2D eigenvalue weighted by atomic mass is 28.4. The van der Waals surface area contributed by atoms with Gasteiger partial charge in [-0.3, -0.25) is 0 Å². The molecule has 0 aliphatic heterocycles. The van der Waals surface area contributed by atoms with Gasteiger partial charge < -0.3 is 9.53 Å². The van der Waals surface area contributed by atoms with Gasteiger partial charge in [0.15, 0.2) is 8.32 Å². The molecule has 0 bridgehead atoms. The lowest BCUT2D eigenvalue weighted by Gasteiger charge is -2.35. The van der Waals surface area contributed by atoms with E-state index in [4.69, 9.17) is 4.43 Å². The Bertz CT molecular complexity index is 512. The molecule has 2 atom stereocenters. The second kappa shape index (κ2) is 8.62. The van der Waals surface area contributed by atoms with Crippen LogP contribution in [0.1, 0.15) is 33.3 Å². The molecular formula is C20H32O2Si. The quantitative estimate of drug-likeness (QED) is 0.544. The van der Waals surface area contributed by atoms with Crippen LogP contribution < -0.4 is 0 Å². The van der Waals surface area contributed by atoms with Gasteiger partial charge in [0.25, 0.3) is 0 Å². The molecule has 1 aromatic carbocycles. The molecule has 3 heteroatoms. The van der Waals surface area contributed by atoms with E-state index in [-0.39, 0.29) is 11.0 Å². The zero-order valence-electron chi connectivity index (χ0n) is 15.4. The Kier molecular flexibility index (Phi) is 7.45. The number of benzene rings is 1. The van der Waals surface area contributed by atoms with Gasteiger partial charge in [-0.15, -0.1) is 0 Å². The third-order valence-corrected chi connectivity index (χ3v) is 9.11. The Morgan fingerprint density at radius 2 is 1.74 bits per heavy atom. The monoisotopic (exact) mass is 332 g/mol. The third kappa shape index (κ3) is 6.86. The van der Waals surface area contributed by atoms with E-state index in [0.29, 0.717) is 6.61 Å². The minimum absolute atomic E-state index is 0.0676. The first kappa shape index (κ1) is 19.9. The summed E-state index contributed by atoms with van der Waals surface area (Å²) in [6, 6.07) is 10.0. The van der Waals surface area contributed by atoms with Crippen molar-refractivity contribution in [3.05, 3.63) is 54.1 Å². The van der Waals surface area contributed by atoms with E-state index in [9.17, 15) is 5.11 Å². The smallest absolute Gasteiger partial charge is 0.192 e. The van der Waals surface area contributed by atoms with Crippen molar-refractivity contribution in [2.75, 3.05) is 6.61 Å². The molecule has 2 nitrogen and oxygen atoms in total. The van der Waals surface area contributed by atoms with Crippen molar-refractivity contribution in [1.29, 1.82) is 0 Å². The van der Waals surface area contributed by atoms with E-state index < -0.39 is 14.4 Å². The molecular weight excluding hydrogens is 300 g/mol. The molecule has 0 unspecified atom stereocenters. The van der Waals surface area contributed by atoms with Crippen molar-refractivity contribution in [2.45, 2.75) is 51.9 Å². The maximum atomic E-state index is 10.2. The fourth-order valence-corrected chi connectivity index (χ4v) is 2.75. The predicted molar refractivity (Wildman–Crippen MR) is 103 cm³/mol. The lowest BCUT2D eigenvalue weighted by atomic mass is 10.0. The molecule has 0 heterocycles. The number of aliphatic hydroxyl groups is 1. The van der Waals surface area contributed by atoms with Crippen LogP contribution in [0, 0.1) is 5.92 Å². The summed E-state index contributed by atoms with van der Waals surface area (Å²) < 4.78 is 6.11. The summed E-state index contributed by atoms with van der Waals surface area (Å²) in [6.07, 6.45) is 7.39. The Balaban J connectivity index is 2.46. The Morgan fingerprint density at radius 3 is 2.30 bits per heavy atom. The highest BCUT2D eigenvalue weighted by Crippen LogP contribution is 2.36. The van der Waals surface area contributed by atoms with Crippen molar-refractivity contribution >= 4 is 14.4 Å². The first-order valence-corrected chi connectivity index (χ1v) is 11.3. The summed E-state index contributed by atoms with van der Waals surface area (Å²) >= 11 is 0. The van der Waals surface area contributed by atoms with Gasteiger partial charge in [0.2, 0.25) is 0 Å². The molecule has 0 aliphatic carbocycles. The molecule has 0 amide bonds. The van der Waals surface area contributed by atoms with E-state index in [1.807, 2.05) is 61.6 Å². The highest BCUT2D eigenvalue weighted by Gasteiger charge is 2.36. The normalized spacial score (nSPS) is 16.1. The van der Waals surface area contributed by atoms with Gasteiger partial charge >= 0.3 is 0 Å². The second-order valence-electron chi connectivity index (χ2n) is 7.62. The molecule has 1 aromatic rings. The molecule has 0 aliphatic rings. The maximum absolute atomic E-state index is 10.2. The SMILES string of the molecule is C[C@@H](/C=C/CO[Si](C)(C)C(C)(C)C)[C@@H](O)/C=C/c1ccccc1. The van der Waals surface area contributed by atoms with Crippen molar-refractivity contribution in [3.8, 4) is 0 Å². The third-order valence-electron chi connectivity index (χ3n) is 4.61. The summed E-state index contributed by atoms with van der Waals surface area (Å²) in [7, 11) is -1.69. The fourth-order valence-electron chi connectivity index (χ4n) is 1.81. The van der Waals surface area contributed by atoms with E-state index in [1.54, 1.807) is 0 Å². The van der Waals surface area contributed by atoms with Crippen LogP contribution in [0.15, 0.2) is 48.6 Å². The van der Waals surface area contributed by atoms with Gasteiger partial charge in [0.05, 0.1) is 12.7 Å². The minimum Gasteiger partial charge on any atom is -0.413 e. The topological polar surface area (TPSA) is 29.5 Å². The van der Waals surface area contributed by atoms with Crippen LogP contribution in [0.2, 0.25) is 18.1 Å². The lowest BCUT2D eigenvalue weighted by molar-refractivity contribution is 0.185. The predicted octanol–water partition coefficient (Wildman–Crippen LogP) is 5.27. The first-order valence-electron chi connectivity index (χ1n) is 8.35. The van der Waals surface area contributed by atoms with Crippen LogP contribution in [0.4, 0.5) is 0 Å². The molecule has 0 fully saturated rings. The Morgan fingerprint density at radius 1 is 1.13 bits per heavy atom. The standard InChI is InChI=1S/C20H32O2Si/c1-17(11-10-16-22-23(5,6)20(2,3)4)19(21)15-14-18-12-8-7-9-13-18/h7-15,17,19,21H,16H2,1-6H3/b11-10+,15-14+/t17-,19-/m0/s1. The molecule has 23 heavy (non-hydrogen) atoms. The Hall–Kier alpha value is -1.16. The van der Waals surface area contributed by atoms with Crippen LogP contribution in [0.5, 0.6) is 0 Å². The largest absolute Gasteiger partial charge is 0.413 e. The summed E-state index contributed by atoms with van der Waals surface area (Å²) in [5.74, 6) is 0.0676. The van der Waals surface area contributed by atoms with Gasteiger partial charge in [-0.05, 0) is 23.7 Å². The van der Waals surface area contributed by atoms with Crippen molar-refractivity contribution < 1.29 is 9.53 Å². The van der Waals surface area contributed by atoms with E-state index in [0.717, 1.165) is 5.56 Å². The van der Waals surface area contributed by atoms with Crippen LogP contribution in [0.3, 0.4) is 0 Å². The summed E-state index contributed by atoms with van der Waals surface area (Å²) in [5, 5.41) is 10.4. The lowest BCUT2D eigenvalue weighted by Crippen LogP contribution is -2.40. The number of rotatable bonds is 7. The van der Waals surface area contributed by atoms with Crippen LogP contribution in [-0.4, -0.2) is 26.1 Å². The van der Waals surface area contributed by atoms with Crippen molar-refractivity contribution in [1.82, 2.24) is 0 Å². The summed E-state index contributed by atoms with van der Waals surface area (Å²) in [4.78, 5) is 0. The van der Waals surface area contributed by atoms with Gasteiger partial charge in [-0.2, -0.15) is 0 Å². The van der Waals surface area contributed by atoms with E-state index in [2.05, 4.69) is 33.9 Å². The van der Waals surface area contributed by atoms with Crippen LogP contribution in [-0.2, 0) is 4.43 Å². The molecule has 1 rings (SSSR count). The highest BCUT2D eigenvalue weighted by molar-refractivity contribution is 6.74. The molecule has 1 N–H and O–H groups in total. The zero-order valence-corrected chi connectivity index (χ0v) is 16.4. The second-order valence-corrected chi connectivity index (χ2v) is 12.4. The average Bonchev–Trinajstić information content (AvgIpc) is 2.48. The Labute approximate surface area is 143 Å².